The van der Waals surface area contributed by atoms with Crippen molar-refractivity contribution < 1.29 is 14.3 Å². The predicted molar refractivity (Wildman–Crippen MR) is 118 cm³/mol. The zero-order valence-electron chi connectivity index (χ0n) is 17.0. The van der Waals surface area contributed by atoms with Crippen molar-refractivity contribution in [2.45, 2.75) is 23.7 Å². The number of hydrogen-bond acceptors (Lipinski definition) is 8. The topological polar surface area (TPSA) is 103 Å². The monoisotopic (exact) mass is 451 g/mol. The Hall–Kier alpha value is -2.07. The van der Waals surface area contributed by atoms with E-state index < -0.39 is 0 Å². The summed E-state index contributed by atoms with van der Waals surface area (Å²) in [6, 6.07) is 4.79. The van der Waals surface area contributed by atoms with E-state index in [0.29, 0.717) is 22.0 Å². The summed E-state index contributed by atoms with van der Waals surface area (Å²) < 4.78 is 11.0. The van der Waals surface area contributed by atoms with Crippen molar-refractivity contribution in [1.29, 1.82) is 0 Å². The van der Waals surface area contributed by atoms with Crippen molar-refractivity contribution in [2.75, 3.05) is 45.3 Å². The highest BCUT2D eigenvalue weighted by molar-refractivity contribution is 7.99. The van der Waals surface area contributed by atoms with Gasteiger partial charge in [0, 0.05) is 51.0 Å². The molecule has 30 heavy (non-hydrogen) atoms. The number of anilines is 1. The van der Waals surface area contributed by atoms with Crippen molar-refractivity contribution in [3.8, 4) is 5.75 Å². The molecule has 0 bridgehead atoms. The van der Waals surface area contributed by atoms with Gasteiger partial charge in [0.25, 0.3) is 5.91 Å². The number of ether oxygens (including phenoxy) is 2. The fraction of sp³-hybridized carbons (Fsp3) is 0.450. The molecule has 10 heteroatoms. The van der Waals surface area contributed by atoms with Crippen LogP contribution in [0.3, 0.4) is 0 Å². The zero-order valence-corrected chi connectivity index (χ0v) is 18.6. The number of nitrogens with two attached hydrogens (primary N) is 1. The van der Waals surface area contributed by atoms with Gasteiger partial charge in [-0.1, -0.05) is 23.4 Å². The Morgan fingerprint density at radius 1 is 1.37 bits per heavy atom. The van der Waals surface area contributed by atoms with Crippen LogP contribution in [0.5, 0.6) is 5.75 Å². The van der Waals surface area contributed by atoms with E-state index in [-0.39, 0.29) is 18.1 Å². The molecule has 0 aliphatic carbocycles. The number of methoxy groups -OCH3 is 2. The summed E-state index contributed by atoms with van der Waals surface area (Å²) in [7, 11) is 3.16. The van der Waals surface area contributed by atoms with Crippen LogP contribution >= 0.6 is 23.4 Å². The molecule has 3 N–H and O–H groups in total. The lowest BCUT2D eigenvalue weighted by molar-refractivity contribution is 0.00833. The van der Waals surface area contributed by atoms with Crippen LogP contribution in [0.1, 0.15) is 16.8 Å². The lowest BCUT2D eigenvalue weighted by Gasteiger charge is -2.38. The summed E-state index contributed by atoms with van der Waals surface area (Å²) >= 11 is 7.72. The molecule has 1 aliphatic heterocycles. The summed E-state index contributed by atoms with van der Waals surface area (Å²) in [4.78, 5) is 23.6. The van der Waals surface area contributed by atoms with Crippen LogP contribution in [0, 0.1) is 0 Å². The number of likely N-dealkylation sites (tertiary alicyclic amines) is 1. The minimum absolute atomic E-state index is 0.107. The Bertz CT molecular complexity index is 858. The molecule has 3 rings (SSSR count). The van der Waals surface area contributed by atoms with Crippen LogP contribution in [-0.4, -0.2) is 72.5 Å². The largest absolute Gasteiger partial charge is 0.496 e. The van der Waals surface area contributed by atoms with E-state index in [1.807, 2.05) is 0 Å². The van der Waals surface area contributed by atoms with Crippen molar-refractivity contribution in [2.24, 2.45) is 0 Å². The standard InChI is InChI=1S/C20H26ClN5O3S/c1-28-17-11-15(22)14(21)10-13(17)19(27)25-16-4-7-26(12-18(16)29-2)8-9-30-20-23-5-3-6-24-20/h3,5-6,10-11,16,18H,4,7-9,12,22H2,1-2H3,(H,25,27). The second kappa shape index (κ2) is 10.8. The molecule has 1 aliphatic rings. The third-order valence-corrected chi connectivity index (χ3v) is 6.19. The smallest absolute Gasteiger partial charge is 0.255 e. The molecule has 2 heterocycles. The van der Waals surface area contributed by atoms with Gasteiger partial charge in [0.1, 0.15) is 5.75 Å². The highest BCUT2D eigenvalue weighted by atomic mass is 35.5. The molecule has 0 radical (unpaired) electrons. The van der Waals surface area contributed by atoms with Crippen LogP contribution in [0.2, 0.25) is 5.02 Å². The fourth-order valence-corrected chi connectivity index (χ4v) is 4.34. The van der Waals surface area contributed by atoms with Gasteiger partial charge in [-0.05, 0) is 18.6 Å². The van der Waals surface area contributed by atoms with E-state index in [4.69, 9.17) is 26.8 Å². The average molecular weight is 452 g/mol. The SMILES string of the molecule is COc1cc(N)c(Cl)cc1C(=O)NC1CCN(CCSc2ncccn2)CC1OC. The second-order valence-electron chi connectivity index (χ2n) is 6.90. The molecular formula is C20H26ClN5O3S. The average Bonchev–Trinajstić information content (AvgIpc) is 2.76. The number of amides is 1. The summed E-state index contributed by atoms with van der Waals surface area (Å²) in [5.74, 6) is 1.02. The Balaban J connectivity index is 1.55. The maximum absolute atomic E-state index is 12.9. The molecule has 0 spiro atoms. The van der Waals surface area contributed by atoms with E-state index in [0.717, 1.165) is 37.0 Å². The molecule has 1 aromatic carbocycles. The summed E-state index contributed by atoms with van der Waals surface area (Å²) in [6.07, 6.45) is 4.15. The third-order valence-electron chi connectivity index (χ3n) is 5.01. The van der Waals surface area contributed by atoms with Crippen LogP contribution in [0.15, 0.2) is 35.7 Å². The molecular weight excluding hydrogens is 426 g/mol. The molecule has 162 valence electrons. The molecule has 2 unspecified atom stereocenters. The number of carbonyl (C=O) groups is 1. The maximum atomic E-state index is 12.9. The molecule has 1 fully saturated rings. The van der Waals surface area contributed by atoms with Crippen molar-refractivity contribution in [3.05, 3.63) is 41.2 Å². The van der Waals surface area contributed by atoms with Gasteiger partial charge >= 0.3 is 0 Å². The van der Waals surface area contributed by atoms with Gasteiger partial charge < -0.3 is 20.5 Å². The number of nitrogen functional groups attached to an aromatic ring is 1. The van der Waals surface area contributed by atoms with Crippen molar-refractivity contribution >= 4 is 35.0 Å². The quantitative estimate of drug-likeness (QED) is 0.358. The molecule has 1 amide bonds. The van der Waals surface area contributed by atoms with Gasteiger partial charge in [-0.2, -0.15) is 0 Å². The third kappa shape index (κ3) is 5.75. The molecule has 8 nitrogen and oxygen atoms in total. The van der Waals surface area contributed by atoms with E-state index in [9.17, 15) is 4.79 Å². The molecule has 0 saturated carbocycles. The van der Waals surface area contributed by atoms with Crippen molar-refractivity contribution in [3.63, 3.8) is 0 Å². The number of hydrogen-bond donors (Lipinski definition) is 2. The molecule has 1 saturated heterocycles. The second-order valence-corrected chi connectivity index (χ2v) is 8.37. The fourth-order valence-electron chi connectivity index (χ4n) is 3.38. The number of halogens is 1. The Morgan fingerprint density at radius 3 is 2.83 bits per heavy atom. The van der Waals surface area contributed by atoms with E-state index in [1.165, 1.54) is 13.2 Å². The summed E-state index contributed by atoms with van der Waals surface area (Å²) in [5.41, 5.74) is 6.53. The summed E-state index contributed by atoms with van der Waals surface area (Å²) in [6.45, 7) is 2.49. The maximum Gasteiger partial charge on any atom is 0.255 e. The van der Waals surface area contributed by atoms with Gasteiger partial charge in [0.15, 0.2) is 5.16 Å². The van der Waals surface area contributed by atoms with E-state index in [1.54, 1.807) is 43.4 Å². The normalized spacial score (nSPS) is 19.4. The number of benzene rings is 1. The van der Waals surface area contributed by atoms with E-state index >= 15 is 0 Å². The minimum Gasteiger partial charge on any atom is -0.496 e. The number of nitrogens with zero attached hydrogens (tertiary/aromatic N) is 3. The van der Waals surface area contributed by atoms with Crippen LogP contribution in [-0.2, 0) is 4.74 Å². The highest BCUT2D eigenvalue weighted by Gasteiger charge is 2.31. The van der Waals surface area contributed by atoms with Crippen LogP contribution in [0.4, 0.5) is 5.69 Å². The Kier molecular flexibility index (Phi) is 8.15. The number of aromatic nitrogens is 2. The minimum atomic E-state index is -0.258. The summed E-state index contributed by atoms with van der Waals surface area (Å²) in [5, 5.41) is 4.16. The van der Waals surface area contributed by atoms with Gasteiger partial charge in [-0.25, -0.2) is 9.97 Å². The van der Waals surface area contributed by atoms with Gasteiger partial charge in [-0.15, -0.1) is 0 Å². The molecule has 1 aromatic heterocycles. The lowest BCUT2D eigenvalue weighted by atomic mass is 10.0. The first-order valence-electron chi connectivity index (χ1n) is 9.60. The van der Waals surface area contributed by atoms with Crippen LogP contribution in [0.25, 0.3) is 0 Å². The zero-order chi connectivity index (χ0) is 21.5. The Morgan fingerprint density at radius 2 is 2.13 bits per heavy atom. The number of thioether (sulfide) groups is 1. The number of nitrogens with one attached hydrogen (secondary N) is 1. The number of rotatable bonds is 8. The van der Waals surface area contributed by atoms with Crippen LogP contribution < -0.4 is 15.8 Å². The lowest BCUT2D eigenvalue weighted by Crippen LogP contribution is -2.55. The number of carbonyl (C=O) groups excluding carboxylic acids is 1. The van der Waals surface area contributed by atoms with Crippen molar-refractivity contribution in [1.82, 2.24) is 20.2 Å². The highest BCUT2D eigenvalue weighted by Crippen LogP contribution is 2.29. The van der Waals surface area contributed by atoms with Gasteiger partial charge in [-0.3, -0.25) is 9.69 Å². The first-order valence-corrected chi connectivity index (χ1v) is 11.0. The first kappa shape index (κ1) is 22.6. The predicted octanol–water partition coefficient (Wildman–Crippen LogP) is 2.33. The first-order chi connectivity index (χ1) is 14.5. The number of piperidine rings is 1. The molecule has 2 atom stereocenters. The van der Waals surface area contributed by atoms with Gasteiger partial charge in [0.2, 0.25) is 0 Å². The molecule has 2 aromatic rings. The Labute approximate surface area is 185 Å². The van der Waals surface area contributed by atoms with Gasteiger partial charge in [0.05, 0.1) is 35.5 Å². The van der Waals surface area contributed by atoms with E-state index in [2.05, 4.69) is 20.2 Å².